The van der Waals surface area contributed by atoms with Crippen molar-refractivity contribution in [3.05, 3.63) is 53.0 Å². The molecule has 1 aliphatic rings. The van der Waals surface area contributed by atoms with Crippen LogP contribution in [0, 0.1) is 6.92 Å². The number of aryl methyl sites for hydroxylation is 1. The normalized spacial score (nSPS) is 18.0. The van der Waals surface area contributed by atoms with Crippen molar-refractivity contribution in [2.75, 3.05) is 33.4 Å². The molecule has 1 aromatic heterocycles. The number of ether oxygens (including phenoxy) is 2. The topological polar surface area (TPSA) is 68.7 Å². The maximum absolute atomic E-state index is 13.3. The number of nitrogens with zero attached hydrogens (tertiary/aromatic N) is 2. The van der Waals surface area contributed by atoms with Crippen molar-refractivity contribution >= 4 is 31.6 Å². The lowest BCUT2D eigenvalue weighted by Gasteiger charge is -2.31. The number of para-hydroxylation sites is 1. The predicted octanol–water partition coefficient (Wildman–Crippen LogP) is 4.20. The van der Waals surface area contributed by atoms with Crippen LogP contribution < -0.4 is 4.74 Å². The van der Waals surface area contributed by atoms with Gasteiger partial charge in [0.1, 0.15) is 12.4 Å². The Morgan fingerprint density at radius 3 is 2.80 bits per heavy atom. The predicted molar refractivity (Wildman–Crippen MR) is 119 cm³/mol. The molecule has 4 rings (SSSR count). The molecule has 3 aromatic rings. The molecule has 1 saturated heterocycles. The number of hydrogen-bond donors (Lipinski definition) is 0. The van der Waals surface area contributed by atoms with Gasteiger partial charge in [-0.2, -0.15) is 4.31 Å². The zero-order valence-corrected chi connectivity index (χ0v) is 18.8. The van der Waals surface area contributed by atoms with E-state index in [0.717, 1.165) is 33.6 Å². The van der Waals surface area contributed by atoms with Gasteiger partial charge in [-0.25, -0.2) is 13.4 Å². The van der Waals surface area contributed by atoms with Crippen LogP contribution in [0.2, 0.25) is 0 Å². The lowest BCUT2D eigenvalue weighted by Crippen LogP contribution is -2.39. The van der Waals surface area contributed by atoms with Gasteiger partial charge in [-0.1, -0.05) is 12.1 Å². The number of aromatic nitrogens is 1. The molecule has 1 unspecified atom stereocenters. The van der Waals surface area contributed by atoms with E-state index in [2.05, 4.69) is 6.07 Å². The summed E-state index contributed by atoms with van der Waals surface area (Å²) in [5.41, 5.74) is 1.78. The van der Waals surface area contributed by atoms with Crippen LogP contribution in [0.25, 0.3) is 10.2 Å². The SMILES string of the molecule is COCCOc1ccc(S(=O)(=O)N2CCCC(c3nc4ccccc4s3)C2)cc1C. The number of methoxy groups -OCH3 is 1. The van der Waals surface area contributed by atoms with Gasteiger partial charge in [-0.3, -0.25) is 0 Å². The summed E-state index contributed by atoms with van der Waals surface area (Å²) in [6, 6.07) is 13.1. The second-order valence-corrected chi connectivity index (χ2v) is 10.5. The Bertz CT molecular complexity index is 1090. The second kappa shape index (κ2) is 9.01. The molecule has 8 heteroatoms. The molecular weight excluding hydrogens is 420 g/mol. The van der Waals surface area contributed by atoms with Crippen molar-refractivity contribution in [2.45, 2.75) is 30.6 Å². The first-order chi connectivity index (χ1) is 14.5. The van der Waals surface area contributed by atoms with E-state index >= 15 is 0 Å². The molecule has 1 fully saturated rings. The van der Waals surface area contributed by atoms with E-state index in [-0.39, 0.29) is 5.92 Å². The highest BCUT2D eigenvalue weighted by molar-refractivity contribution is 7.89. The minimum Gasteiger partial charge on any atom is -0.491 e. The van der Waals surface area contributed by atoms with E-state index in [1.54, 1.807) is 41.0 Å². The minimum absolute atomic E-state index is 0.128. The molecule has 30 heavy (non-hydrogen) atoms. The number of benzene rings is 2. The number of fused-ring (bicyclic) bond motifs is 1. The molecule has 2 heterocycles. The quantitative estimate of drug-likeness (QED) is 0.509. The molecule has 6 nitrogen and oxygen atoms in total. The fourth-order valence-corrected chi connectivity index (χ4v) is 6.46. The molecule has 1 aliphatic heterocycles. The van der Waals surface area contributed by atoms with Crippen LogP contribution in [-0.4, -0.2) is 51.1 Å². The third kappa shape index (κ3) is 4.37. The largest absolute Gasteiger partial charge is 0.491 e. The van der Waals surface area contributed by atoms with Crippen molar-refractivity contribution in [1.82, 2.24) is 9.29 Å². The van der Waals surface area contributed by atoms with Crippen molar-refractivity contribution in [2.24, 2.45) is 0 Å². The molecule has 0 N–H and O–H groups in total. The van der Waals surface area contributed by atoms with Crippen molar-refractivity contribution in [3.8, 4) is 5.75 Å². The Morgan fingerprint density at radius 2 is 2.03 bits per heavy atom. The summed E-state index contributed by atoms with van der Waals surface area (Å²) in [6.45, 7) is 3.78. The third-order valence-electron chi connectivity index (χ3n) is 5.37. The maximum atomic E-state index is 13.3. The summed E-state index contributed by atoms with van der Waals surface area (Å²) in [5.74, 6) is 0.806. The summed E-state index contributed by atoms with van der Waals surface area (Å²) in [4.78, 5) is 5.07. The summed E-state index contributed by atoms with van der Waals surface area (Å²) in [6.07, 6.45) is 1.79. The fourth-order valence-electron chi connectivity index (χ4n) is 3.76. The molecule has 0 radical (unpaired) electrons. The van der Waals surface area contributed by atoms with Gasteiger partial charge in [-0.05, 0) is 55.7 Å². The molecule has 0 amide bonds. The Hall–Kier alpha value is -2.00. The van der Waals surface area contributed by atoms with Gasteiger partial charge in [0, 0.05) is 26.1 Å². The Balaban J connectivity index is 1.52. The molecule has 0 spiro atoms. The van der Waals surface area contributed by atoms with Crippen LogP contribution in [-0.2, 0) is 14.8 Å². The van der Waals surface area contributed by atoms with Crippen LogP contribution in [0.5, 0.6) is 5.75 Å². The van der Waals surface area contributed by atoms with Gasteiger partial charge in [0.2, 0.25) is 10.0 Å². The molecule has 0 bridgehead atoms. The monoisotopic (exact) mass is 446 g/mol. The summed E-state index contributed by atoms with van der Waals surface area (Å²) in [5, 5.41) is 1.02. The zero-order valence-electron chi connectivity index (χ0n) is 17.2. The van der Waals surface area contributed by atoms with Crippen LogP contribution >= 0.6 is 11.3 Å². The third-order valence-corrected chi connectivity index (χ3v) is 8.43. The molecule has 2 aromatic carbocycles. The van der Waals surface area contributed by atoms with Crippen LogP contribution in [0.1, 0.15) is 29.3 Å². The van der Waals surface area contributed by atoms with E-state index in [1.165, 1.54) is 0 Å². The number of rotatable bonds is 7. The van der Waals surface area contributed by atoms with E-state index in [9.17, 15) is 8.42 Å². The lowest BCUT2D eigenvalue weighted by atomic mass is 10.0. The van der Waals surface area contributed by atoms with Crippen LogP contribution in [0.15, 0.2) is 47.4 Å². The van der Waals surface area contributed by atoms with Crippen LogP contribution in [0.4, 0.5) is 0 Å². The summed E-state index contributed by atoms with van der Waals surface area (Å²) in [7, 11) is -1.95. The number of hydrogen-bond acceptors (Lipinski definition) is 6. The lowest BCUT2D eigenvalue weighted by molar-refractivity contribution is 0.146. The maximum Gasteiger partial charge on any atom is 0.243 e. The summed E-state index contributed by atoms with van der Waals surface area (Å²) < 4.78 is 40.0. The fraction of sp³-hybridized carbons (Fsp3) is 0.409. The highest BCUT2D eigenvalue weighted by Crippen LogP contribution is 2.35. The zero-order chi connectivity index (χ0) is 21.1. The van der Waals surface area contributed by atoms with E-state index in [0.29, 0.717) is 36.9 Å². The van der Waals surface area contributed by atoms with Crippen molar-refractivity contribution in [1.29, 1.82) is 0 Å². The van der Waals surface area contributed by atoms with Crippen molar-refractivity contribution in [3.63, 3.8) is 0 Å². The van der Waals surface area contributed by atoms with Gasteiger partial charge in [-0.15, -0.1) is 11.3 Å². The second-order valence-electron chi connectivity index (χ2n) is 7.49. The van der Waals surface area contributed by atoms with Gasteiger partial charge < -0.3 is 9.47 Å². The molecule has 0 aliphatic carbocycles. The number of thiazole rings is 1. The standard InChI is InChI=1S/C22H26N2O4S2/c1-16-14-18(9-10-20(16)28-13-12-27-2)30(25,26)24-11-5-6-17(15-24)22-23-19-7-3-4-8-21(19)29-22/h3-4,7-10,14,17H,5-6,11-13,15H2,1-2H3. The molecule has 0 saturated carbocycles. The van der Waals surface area contributed by atoms with Crippen molar-refractivity contribution < 1.29 is 17.9 Å². The van der Waals surface area contributed by atoms with E-state index in [4.69, 9.17) is 14.5 Å². The average molecular weight is 447 g/mol. The number of sulfonamides is 1. The highest BCUT2D eigenvalue weighted by atomic mass is 32.2. The first-order valence-corrected chi connectivity index (χ1v) is 12.3. The number of piperidine rings is 1. The molecular formula is C22H26N2O4S2. The van der Waals surface area contributed by atoms with E-state index in [1.807, 2.05) is 25.1 Å². The first kappa shape index (κ1) is 21.2. The average Bonchev–Trinajstić information content (AvgIpc) is 3.19. The molecule has 160 valence electrons. The van der Waals surface area contributed by atoms with E-state index < -0.39 is 10.0 Å². The highest BCUT2D eigenvalue weighted by Gasteiger charge is 2.32. The summed E-state index contributed by atoms with van der Waals surface area (Å²) >= 11 is 1.67. The Labute approximate surface area is 181 Å². The first-order valence-electron chi connectivity index (χ1n) is 10.1. The van der Waals surface area contributed by atoms with Gasteiger partial charge in [0.15, 0.2) is 0 Å². The van der Waals surface area contributed by atoms with Gasteiger partial charge >= 0.3 is 0 Å². The van der Waals surface area contributed by atoms with Gasteiger partial charge in [0.05, 0.1) is 26.7 Å². The smallest absolute Gasteiger partial charge is 0.243 e. The Morgan fingerprint density at radius 1 is 1.20 bits per heavy atom. The Kier molecular flexibility index (Phi) is 6.38. The van der Waals surface area contributed by atoms with Gasteiger partial charge in [0.25, 0.3) is 0 Å². The minimum atomic E-state index is -3.57. The molecule has 1 atom stereocenters. The van der Waals surface area contributed by atoms with Crippen LogP contribution in [0.3, 0.4) is 0 Å².